The van der Waals surface area contributed by atoms with Crippen LogP contribution in [0.4, 0.5) is 0 Å². The smallest absolute Gasteiger partial charge is 0.232 e. The molecule has 2 N–H and O–H groups in total. The van der Waals surface area contributed by atoms with E-state index in [9.17, 15) is 4.79 Å². The lowest BCUT2D eigenvalue weighted by atomic mass is 10.2. The van der Waals surface area contributed by atoms with Gasteiger partial charge in [-0.25, -0.2) is 4.98 Å². The first-order chi connectivity index (χ1) is 10.1. The van der Waals surface area contributed by atoms with E-state index in [2.05, 4.69) is 15.6 Å². The second kappa shape index (κ2) is 8.68. The van der Waals surface area contributed by atoms with E-state index in [0.29, 0.717) is 35.5 Å². The Hall–Kier alpha value is -0.690. The van der Waals surface area contributed by atoms with Crippen molar-refractivity contribution in [2.75, 3.05) is 31.2 Å². The SMILES string of the molecule is O=C(CC1CSCCN1)NCCOc1ncc(Cl)cc1Cl. The molecular formula is C13H17Cl2N3O2S. The van der Waals surface area contributed by atoms with Crippen LogP contribution in [0, 0.1) is 0 Å². The van der Waals surface area contributed by atoms with Crippen LogP contribution in [0.15, 0.2) is 12.3 Å². The van der Waals surface area contributed by atoms with Gasteiger partial charge >= 0.3 is 0 Å². The largest absolute Gasteiger partial charge is 0.475 e. The second-order valence-corrected chi connectivity index (χ2v) is 6.56. The van der Waals surface area contributed by atoms with Crippen LogP contribution < -0.4 is 15.4 Å². The van der Waals surface area contributed by atoms with Crippen molar-refractivity contribution in [3.63, 3.8) is 0 Å². The van der Waals surface area contributed by atoms with Gasteiger partial charge in [0.05, 0.1) is 11.6 Å². The minimum absolute atomic E-state index is 0.0220. The number of halogens is 2. The summed E-state index contributed by atoms with van der Waals surface area (Å²) in [5.41, 5.74) is 0. The normalized spacial score (nSPS) is 18.3. The number of pyridine rings is 1. The molecule has 1 amide bonds. The highest BCUT2D eigenvalue weighted by Crippen LogP contribution is 2.24. The summed E-state index contributed by atoms with van der Waals surface area (Å²) in [5.74, 6) is 2.43. The highest BCUT2D eigenvalue weighted by atomic mass is 35.5. The first-order valence-electron chi connectivity index (χ1n) is 6.67. The fourth-order valence-corrected chi connectivity index (χ4v) is 3.28. The number of carbonyl (C=O) groups is 1. The van der Waals surface area contributed by atoms with Crippen LogP contribution in [0.3, 0.4) is 0 Å². The summed E-state index contributed by atoms with van der Waals surface area (Å²) in [6.07, 6.45) is 1.96. The third kappa shape index (κ3) is 5.90. The molecule has 1 aliphatic rings. The third-order valence-electron chi connectivity index (χ3n) is 2.87. The van der Waals surface area contributed by atoms with Crippen LogP contribution in [-0.2, 0) is 4.79 Å². The van der Waals surface area contributed by atoms with Crippen molar-refractivity contribution < 1.29 is 9.53 Å². The number of hydrogen-bond donors (Lipinski definition) is 2. The van der Waals surface area contributed by atoms with Crippen molar-refractivity contribution in [2.45, 2.75) is 12.5 Å². The second-order valence-electron chi connectivity index (χ2n) is 4.57. The van der Waals surface area contributed by atoms with E-state index in [4.69, 9.17) is 27.9 Å². The van der Waals surface area contributed by atoms with Crippen molar-refractivity contribution in [3.8, 4) is 5.88 Å². The molecule has 1 fully saturated rings. The molecule has 0 bridgehead atoms. The molecule has 5 nitrogen and oxygen atoms in total. The molecule has 1 aromatic rings. The molecule has 0 spiro atoms. The number of amides is 1. The Bertz CT molecular complexity index is 484. The summed E-state index contributed by atoms with van der Waals surface area (Å²) >= 11 is 13.5. The standard InChI is InChI=1S/C13H17Cl2N3O2S/c14-9-5-11(15)13(18-7-9)20-3-1-17-12(19)6-10-8-21-4-2-16-10/h5,7,10,16H,1-4,6,8H2,(H,17,19). The molecule has 1 saturated heterocycles. The molecule has 0 aromatic carbocycles. The summed E-state index contributed by atoms with van der Waals surface area (Å²) in [7, 11) is 0. The van der Waals surface area contributed by atoms with E-state index in [-0.39, 0.29) is 11.9 Å². The summed E-state index contributed by atoms with van der Waals surface area (Å²) in [6, 6.07) is 1.83. The molecule has 2 heterocycles. The molecule has 21 heavy (non-hydrogen) atoms. The van der Waals surface area contributed by atoms with E-state index < -0.39 is 0 Å². The fourth-order valence-electron chi connectivity index (χ4n) is 1.89. The maximum atomic E-state index is 11.8. The van der Waals surface area contributed by atoms with Gasteiger partial charge in [-0.15, -0.1) is 0 Å². The summed E-state index contributed by atoms with van der Waals surface area (Å²) < 4.78 is 5.40. The summed E-state index contributed by atoms with van der Waals surface area (Å²) in [5, 5.41) is 6.96. The highest BCUT2D eigenvalue weighted by molar-refractivity contribution is 7.99. The Morgan fingerprint density at radius 1 is 1.57 bits per heavy atom. The van der Waals surface area contributed by atoms with Gasteiger partial charge in [-0.3, -0.25) is 4.79 Å². The van der Waals surface area contributed by atoms with Gasteiger partial charge in [-0.1, -0.05) is 23.2 Å². The lowest BCUT2D eigenvalue weighted by molar-refractivity contribution is -0.121. The van der Waals surface area contributed by atoms with E-state index in [1.54, 1.807) is 6.07 Å². The number of nitrogens with one attached hydrogen (secondary N) is 2. The van der Waals surface area contributed by atoms with Crippen LogP contribution in [0.1, 0.15) is 6.42 Å². The lowest BCUT2D eigenvalue weighted by Gasteiger charge is -2.22. The first kappa shape index (κ1) is 16.7. The molecule has 1 aliphatic heterocycles. The lowest BCUT2D eigenvalue weighted by Crippen LogP contribution is -2.41. The molecule has 1 unspecified atom stereocenters. The van der Waals surface area contributed by atoms with Crippen LogP contribution in [0.5, 0.6) is 5.88 Å². The summed E-state index contributed by atoms with van der Waals surface area (Å²) in [4.78, 5) is 15.7. The van der Waals surface area contributed by atoms with E-state index in [0.717, 1.165) is 18.1 Å². The Morgan fingerprint density at radius 3 is 3.14 bits per heavy atom. The maximum Gasteiger partial charge on any atom is 0.232 e. The number of aromatic nitrogens is 1. The van der Waals surface area contributed by atoms with E-state index in [1.165, 1.54) is 6.20 Å². The predicted molar refractivity (Wildman–Crippen MR) is 86.5 cm³/mol. The van der Waals surface area contributed by atoms with Crippen molar-refractivity contribution in [2.24, 2.45) is 0 Å². The van der Waals surface area contributed by atoms with Gasteiger partial charge in [-0.2, -0.15) is 11.8 Å². The molecule has 0 radical (unpaired) electrons. The quantitative estimate of drug-likeness (QED) is 0.769. The van der Waals surface area contributed by atoms with Crippen LogP contribution in [-0.4, -0.2) is 48.1 Å². The number of rotatable bonds is 6. The molecule has 8 heteroatoms. The van der Waals surface area contributed by atoms with Crippen LogP contribution >= 0.6 is 35.0 Å². The Morgan fingerprint density at radius 2 is 2.43 bits per heavy atom. The number of nitrogens with zero attached hydrogens (tertiary/aromatic N) is 1. The zero-order valence-electron chi connectivity index (χ0n) is 11.4. The maximum absolute atomic E-state index is 11.8. The number of thioether (sulfide) groups is 1. The Balaban J connectivity index is 1.63. The molecular weight excluding hydrogens is 333 g/mol. The van der Waals surface area contributed by atoms with Gasteiger partial charge < -0.3 is 15.4 Å². The highest BCUT2D eigenvalue weighted by Gasteiger charge is 2.16. The van der Waals surface area contributed by atoms with E-state index >= 15 is 0 Å². The van der Waals surface area contributed by atoms with Gasteiger partial charge in [-0.05, 0) is 6.07 Å². The first-order valence-corrected chi connectivity index (χ1v) is 8.58. The molecule has 1 atom stereocenters. The molecule has 1 aromatic heterocycles. The molecule has 0 aliphatic carbocycles. The van der Waals surface area contributed by atoms with Gasteiger partial charge in [0.25, 0.3) is 0 Å². The van der Waals surface area contributed by atoms with Gasteiger partial charge in [0.15, 0.2) is 0 Å². The Kier molecular flexibility index (Phi) is 6.89. The summed E-state index contributed by atoms with van der Waals surface area (Å²) in [6.45, 7) is 1.69. The zero-order chi connectivity index (χ0) is 15.1. The molecule has 0 saturated carbocycles. The topological polar surface area (TPSA) is 63.2 Å². The van der Waals surface area contributed by atoms with Crippen molar-refractivity contribution in [1.82, 2.24) is 15.6 Å². The van der Waals surface area contributed by atoms with Gasteiger partial charge in [0, 0.05) is 36.7 Å². The minimum atomic E-state index is 0.0220. The van der Waals surface area contributed by atoms with Gasteiger partial charge in [0.2, 0.25) is 11.8 Å². The van der Waals surface area contributed by atoms with Crippen molar-refractivity contribution in [3.05, 3.63) is 22.3 Å². The van der Waals surface area contributed by atoms with Crippen LogP contribution in [0.25, 0.3) is 0 Å². The fraction of sp³-hybridized carbons (Fsp3) is 0.538. The van der Waals surface area contributed by atoms with Gasteiger partial charge in [0.1, 0.15) is 11.6 Å². The zero-order valence-corrected chi connectivity index (χ0v) is 13.7. The van der Waals surface area contributed by atoms with Crippen LogP contribution in [0.2, 0.25) is 10.0 Å². The Labute approximate surface area is 138 Å². The van der Waals surface area contributed by atoms with Crippen molar-refractivity contribution in [1.29, 1.82) is 0 Å². The van der Waals surface area contributed by atoms with Crippen molar-refractivity contribution >= 4 is 40.9 Å². The monoisotopic (exact) mass is 349 g/mol. The third-order valence-corrected chi connectivity index (χ3v) is 4.48. The van der Waals surface area contributed by atoms with E-state index in [1.807, 2.05) is 11.8 Å². The number of hydrogen-bond acceptors (Lipinski definition) is 5. The number of ether oxygens (including phenoxy) is 1. The minimum Gasteiger partial charge on any atom is -0.475 e. The molecule has 116 valence electrons. The average Bonchev–Trinajstić information content (AvgIpc) is 2.46. The number of carbonyl (C=O) groups excluding carboxylic acids is 1. The molecule has 2 rings (SSSR count). The average molecular weight is 350 g/mol. The predicted octanol–water partition coefficient (Wildman–Crippen LogP) is 1.98.